The van der Waals surface area contributed by atoms with E-state index in [2.05, 4.69) is 0 Å². The number of benzene rings is 3. The molecule has 0 aliphatic heterocycles. The Kier molecular flexibility index (Phi) is 6.83. The lowest BCUT2D eigenvalue weighted by Gasteiger charge is -2.19. The Morgan fingerprint density at radius 2 is 0.759 bits per heavy atom. The minimum absolute atomic E-state index is 0.145. The number of hydrogen-bond acceptors (Lipinski definition) is 4. The Balaban J connectivity index is 1.85. The molecule has 0 atom stereocenters. The Hall–Kier alpha value is -2.92. The first-order valence-electron chi connectivity index (χ1n) is 8.67. The third-order valence-corrected chi connectivity index (χ3v) is 5.19. The summed E-state index contributed by atoms with van der Waals surface area (Å²) in [5.41, 5.74) is 1.29. The summed E-state index contributed by atoms with van der Waals surface area (Å²) < 4.78 is 67.8. The van der Waals surface area contributed by atoms with Gasteiger partial charge in [-0.25, -0.2) is 13.2 Å². The van der Waals surface area contributed by atoms with Crippen molar-refractivity contribution in [1.82, 2.24) is 0 Å². The molecule has 0 saturated heterocycles. The van der Waals surface area contributed by atoms with E-state index in [9.17, 15) is 17.7 Å². The molecule has 0 saturated carbocycles. The second-order valence-electron chi connectivity index (χ2n) is 6.05. The highest BCUT2D eigenvalue weighted by Crippen LogP contribution is 2.49. The average molecular weight is 422 g/mol. The number of phosphoric acid groups is 1. The van der Waals surface area contributed by atoms with Gasteiger partial charge in [-0.2, -0.15) is 4.57 Å². The van der Waals surface area contributed by atoms with Gasteiger partial charge in [-0.3, -0.25) is 0 Å². The van der Waals surface area contributed by atoms with Crippen LogP contribution in [0.2, 0.25) is 0 Å². The number of halogens is 3. The number of hydrogen-bond donors (Lipinski definition) is 0. The van der Waals surface area contributed by atoms with Crippen LogP contribution in [0, 0.1) is 0 Å². The molecule has 3 rings (SSSR count). The Morgan fingerprint density at radius 3 is 0.966 bits per heavy atom. The van der Waals surface area contributed by atoms with Gasteiger partial charge in [0.15, 0.2) is 0 Å². The van der Waals surface area contributed by atoms with Crippen molar-refractivity contribution in [1.29, 1.82) is 0 Å². The van der Waals surface area contributed by atoms with E-state index < -0.39 is 27.8 Å². The monoisotopic (exact) mass is 422 g/mol. The fourth-order valence-electron chi connectivity index (χ4n) is 2.36. The van der Waals surface area contributed by atoms with E-state index in [-0.39, 0.29) is 17.2 Å². The Bertz CT molecular complexity index is 834. The topological polar surface area (TPSA) is 44.8 Å². The van der Waals surface area contributed by atoms with Crippen LogP contribution in [0.4, 0.5) is 13.2 Å². The summed E-state index contributed by atoms with van der Waals surface area (Å²) >= 11 is 0. The molecule has 4 nitrogen and oxygen atoms in total. The Labute approximate surface area is 166 Å². The van der Waals surface area contributed by atoms with Crippen LogP contribution in [0.25, 0.3) is 0 Å². The second-order valence-corrected chi connectivity index (χ2v) is 7.50. The van der Waals surface area contributed by atoms with Gasteiger partial charge in [0.05, 0.1) is 0 Å². The van der Waals surface area contributed by atoms with Gasteiger partial charge in [0.25, 0.3) is 0 Å². The smallest absolute Gasteiger partial charge is 0.386 e. The van der Waals surface area contributed by atoms with Crippen molar-refractivity contribution in [3.8, 4) is 17.2 Å². The molecule has 0 bridgehead atoms. The molecule has 152 valence electrons. The molecule has 8 heteroatoms. The van der Waals surface area contributed by atoms with Crippen molar-refractivity contribution < 1.29 is 31.3 Å². The van der Waals surface area contributed by atoms with Gasteiger partial charge in [0, 0.05) is 0 Å². The number of alkyl halides is 3. The zero-order chi connectivity index (χ0) is 20.7. The zero-order valence-electron chi connectivity index (χ0n) is 15.3. The minimum Gasteiger partial charge on any atom is -0.386 e. The number of phosphoric ester groups is 1. The van der Waals surface area contributed by atoms with E-state index in [0.717, 1.165) is 0 Å². The number of rotatable bonds is 9. The molecule has 29 heavy (non-hydrogen) atoms. The normalized spacial score (nSPS) is 11.1. The standard InChI is InChI=1S/C21H18F3O4P/c22-13-16-1-7-19(8-2-16)26-29(25,27-20-9-3-17(14-23)4-10-20)28-21-11-5-18(15-24)6-12-21/h1-12H,13-15H2. The van der Waals surface area contributed by atoms with Crippen LogP contribution in [0.5, 0.6) is 17.2 Å². The van der Waals surface area contributed by atoms with Crippen molar-refractivity contribution in [2.45, 2.75) is 20.0 Å². The van der Waals surface area contributed by atoms with Crippen LogP contribution in [0.1, 0.15) is 16.7 Å². The third kappa shape index (κ3) is 5.78. The highest BCUT2D eigenvalue weighted by molar-refractivity contribution is 7.49. The molecule has 0 unspecified atom stereocenters. The van der Waals surface area contributed by atoms with Crippen molar-refractivity contribution >= 4 is 7.82 Å². The van der Waals surface area contributed by atoms with Crippen molar-refractivity contribution in [3.63, 3.8) is 0 Å². The molecule has 0 spiro atoms. The molecule has 0 fully saturated rings. The second kappa shape index (κ2) is 9.52. The third-order valence-electron chi connectivity index (χ3n) is 3.88. The van der Waals surface area contributed by atoms with Crippen LogP contribution in [-0.2, 0) is 24.6 Å². The summed E-state index contributed by atoms with van der Waals surface area (Å²) in [6.07, 6.45) is 0. The maximum atomic E-state index is 13.3. The lowest BCUT2D eigenvalue weighted by atomic mass is 10.2. The van der Waals surface area contributed by atoms with Crippen LogP contribution in [0.3, 0.4) is 0 Å². The van der Waals surface area contributed by atoms with Gasteiger partial charge in [0.2, 0.25) is 0 Å². The predicted molar refractivity (Wildman–Crippen MR) is 103 cm³/mol. The van der Waals surface area contributed by atoms with E-state index in [1.165, 1.54) is 72.8 Å². The molecule has 0 aromatic heterocycles. The maximum Gasteiger partial charge on any atom is 0.647 e. The van der Waals surface area contributed by atoms with E-state index in [1.54, 1.807) is 0 Å². The molecule has 3 aromatic rings. The fraction of sp³-hybridized carbons (Fsp3) is 0.143. The van der Waals surface area contributed by atoms with Crippen molar-refractivity contribution in [2.24, 2.45) is 0 Å². The molecule has 0 heterocycles. The molecule has 0 radical (unpaired) electrons. The van der Waals surface area contributed by atoms with Crippen LogP contribution < -0.4 is 13.6 Å². The fourth-order valence-corrected chi connectivity index (χ4v) is 3.61. The summed E-state index contributed by atoms with van der Waals surface area (Å²) in [6.45, 7) is -1.94. The highest BCUT2D eigenvalue weighted by Gasteiger charge is 2.33. The first-order chi connectivity index (χ1) is 14.0. The summed E-state index contributed by atoms with van der Waals surface area (Å²) in [7, 11) is -4.24. The molecule has 3 aromatic carbocycles. The summed E-state index contributed by atoms with van der Waals surface area (Å²) in [4.78, 5) is 0. The van der Waals surface area contributed by atoms with Gasteiger partial charge in [0.1, 0.15) is 37.3 Å². The van der Waals surface area contributed by atoms with Crippen LogP contribution >= 0.6 is 7.82 Å². The highest BCUT2D eigenvalue weighted by atomic mass is 31.2. The molecular formula is C21H18F3O4P. The van der Waals surface area contributed by atoms with Crippen LogP contribution in [0.15, 0.2) is 72.8 Å². The SMILES string of the molecule is O=P(Oc1ccc(CF)cc1)(Oc1ccc(CF)cc1)Oc1ccc(CF)cc1. The van der Waals surface area contributed by atoms with E-state index in [1.807, 2.05) is 0 Å². The Morgan fingerprint density at radius 1 is 0.517 bits per heavy atom. The quantitative estimate of drug-likeness (QED) is 0.358. The molecule has 0 aliphatic rings. The first-order valence-corrected chi connectivity index (χ1v) is 10.1. The van der Waals surface area contributed by atoms with E-state index in [0.29, 0.717) is 16.7 Å². The first kappa shape index (κ1) is 20.8. The summed E-state index contributed by atoms with van der Waals surface area (Å²) in [6, 6.07) is 17.5. The largest absolute Gasteiger partial charge is 0.647 e. The minimum atomic E-state index is -4.24. The lowest BCUT2D eigenvalue weighted by molar-refractivity contribution is 0.298. The molecular weight excluding hydrogens is 404 g/mol. The van der Waals surface area contributed by atoms with Gasteiger partial charge >= 0.3 is 7.82 Å². The van der Waals surface area contributed by atoms with E-state index >= 15 is 0 Å². The van der Waals surface area contributed by atoms with Gasteiger partial charge < -0.3 is 13.6 Å². The maximum absolute atomic E-state index is 13.3. The van der Waals surface area contributed by atoms with Crippen molar-refractivity contribution in [3.05, 3.63) is 89.5 Å². The van der Waals surface area contributed by atoms with Gasteiger partial charge in [-0.1, -0.05) is 36.4 Å². The molecule has 0 aliphatic carbocycles. The summed E-state index contributed by atoms with van der Waals surface area (Å²) in [5, 5.41) is 0. The van der Waals surface area contributed by atoms with E-state index in [4.69, 9.17) is 13.6 Å². The molecule has 0 N–H and O–H groups in total. The molecule has 0 amide bonds. The van der Waals surface area contributed by atoms with Gasteiger partial charge in [-0.15, -0.1) is 0 Å². The lowest BCUT2D eigenvalue weighted by Crippen LogP contribution is -2.07. The van der Waals surface area contributed by atoms with Gasteiger partial charge in [-0.05, 0) is 53.1 Å². The van der Waals surface area contributed by atoms with Crippen molar-refractivity contribution in [2.75, 3.05) is 0 Å². The summed E-state index contributed by atoms with van der Waals surface area (Å²) in [5.74, 6) is 0.434. The average Bonchev–Trinajstić information content (AvgIpc) is 2.75. The van der Waals surface area contributed by atoms with Crippen LogP contribution in [-0.4, -0.2) is 0 Å². The zero-order valence-corrected chi connectivity index (χ0v) is 16.2. The predicted octanol–water partition coefficient (Wildman–Crippen LogP) is 6.74.